The predicted molar refractivity (Wildman–Crippen MR) is 98.1 cm³/mol. The molecular weight excluding hydrogens is 300 g/mol. The number of carbonyl (C=O) groups is 2. The molecule has 0 N–H and O–H groups in total. The lowest BCUT2D eigenvalue weighted by Gasteiger charge is -2.12. The number of benzene rings is 2. The molecule has 2 aromatic carbocycles. The number of carbonyl (C=O) groups excluding carboxylic acids is 2. The van der Waals surface area contributed by atoms with Gasteiger partial charge in [-0.15, -0.1) is 0 Å². The van der Waals surface area contributed by atoms with E-state index in [-0.39, 0.29) is 17.7 Å². The number of ketones is 1. The summed E-state index contributed by atoms with van der Waals surface area (Å²) in [5, 5.41) is 0. The maximum atomic E-state index is 11.0. The van der Waals surface area contributed by atoms with Crippen molar-refractivity contribution in [3.05, 3.63) is 59.7 Å². The van der Waals surface area contributed by atoms with Crippen molar-refractivity contribution in [2.75, 3.05) is 6.61 Å². The summed E-state index contributed by atoms with van der Waals surface area (Å²) < 4.78 is 5.20. The minimum Gasteiger partial charge on any atom is -0.465 e. The Hall–Kier alpha value is -2.42. The summed E-state index contributed by atoms with van der Waals surface area (Å²) >= 11 is 0. The zero-order valence-electron chi connectivity index (χ0n) is 15.1. The van der Waals surface area contributed by atoms with E-state index in [2.05, 4.69) is 24.3 Å². The molecule has 2 aromatic rings. The molecule has 128 valence electrons. The third-order valence-corrected chi connectivity index (χ3v) is 3.42. The van der Waals surface area contributed by atoms with Crippen LogP contribution in [-0.2, 0) is 14.3 Å². The fourth-order valence-electron chi connectivity index (χ4n) is 2.64. The average molecular weight is 326 g/mol. The van der Waals surface area contributed by atoms with Crippen LogP contribution in [0.2, 0.25) is 0 Å². The van der Waals surface area contributed by atoms with E-state index < -0.39 is 0 Å². The molecule has 3 nitrogen and oxygen atoms in total. The van der Waals surface area contributed by atoms with E-state index in [0.717, 1.165) is 0 Å². The van der Waals surface area contributed by atoms with Gasteiger partial charge >= 0.3 is 5.97 Å². The Bertz CT molecular complexity index is 639. The van der Waals surface area contributed by atoms with E-state index in [9.17, 15) is 9.59 Å². The summed E-state index contributed by atoms with van der Waals surface area (Å²) in [7, 11) is 0. The molecule has 0 fully saturated rings. The van der Waals surface area contributed by atoms with Crippen molar-refractivity contribution in [1.29, 1.82) is 0 Å². The van der Waals surface area contributed by atoms with Crippen LogP contribution < -0.4 is 0 Å². The second-order valence-corrected chi connectivity index (χ2v) is 5.44. The Kier molecular flexibility index (Phi) is 7.90. The van der Waals surface area contributed by atoms with Crippen LogP contribution in [0.1, 0.15) is 51.7 Å². The van der Waals surface area contributed by atoms with Gasteiger partial charge in [0.2, 0.25) is 0 Å². The van der Waals surface area contributed by atoms with E-state index in [0.29, 0.717) is 6.61 Å². The van der Waals surface area contributed by atoms with Gasteiger partial charge in [-0.2, -0.15) is 0 Å². The smallest absolute Gasteiger partial charge is 0.302 e. The zero-order chi connectivity index (χ0) is 18.1. The molecule has 0 bridgehead atoms. The van der Waals surface area contributed by atoms with Gasteiger partial charge in [-0.25, -0.2) is 0 Å². The van der Waals surface area contributed by atoms with Crippen molar-refractivity contribution in [3.8, 4) is 11.1 Å². The van der Waals surface area contributed by atoms with E-state index in [1.807, 2.05) is 38.1 Å². The predicted octanol–water partition coefficient (Wildman–Crippen LogP) is 4.98. The number of fused-ring (bicyclic) bond motifs is 3. The monoisotopic (exact) mass is 326 g/mol. The quantitative estimate of drug-likeness (QED) is 0.731. The molecule has 0 aromatic heterocycles. The summed E-state index contributed by atoms with van der Waals surface area (Å²) in [6.07, 6.45) is 0. The highest BCUT2D eigenvalue weighted by Crippen LogP contribution is 2.44. The Morgan fingerprint density at radius 1 is 0.833 bits per heavy atom. The summed E-state index contributed by atoms with van der Waals surface area (Å²) in [5.74, 6) is 0.109. The van der Waals surface area contributed by atoms with Crippen molar-refractivity contribution in [2.24, 2.45) is 0 Å². The standard InChI is InChI=1S/C16H14O2.C3H6O.C2H6/c1-11(17)18-10-16-14-8-4-2-6-12(14)13-7-3-5-9-15(13)16;1-3(2)4;1-2/h2-9,16H,10H2,1H3;1-2H3;1-2H3. The molecule has 0 saturated heterocycles. The summed E-state index contributed by atoms with van der Waals surface area (Å²) in [5.41, 5.74) is 5.01. The van der Waals surface area contributed by atoms with Crippen LogP contribution >= 0.6 is 0 Å². The normalized spacial score (nSPS) is 11.0. The van der Waals surface area contributed by atoms with E-state index in [1.165, 1.54) is 43.0 Å². The molecule has 24 heavy (non-hydrogen) atoms. The van der Waals surface area contributed by atoms with E-state index in [1.54, 1.807) is 0 Å². The van der Waals surface area contributed by atoms with Gasteiger partial charge in [0.05, 0.1) is 0 Å². The highest BCUT2D eigenvalue weighted by molar-refractivity contribution is 5.79. The van der Waals surface area contributed by atoms with Crippen LogP contribution in [0.15, 0.2) is 48.5 Å². The molecule has 0 amide bonds. The van der Waals surface area contributed by atoms with Gasteiger partial charge in [-0.1, -0.05) is 62.4 Å². The van der Waals surface area contributed by atoms with Crippen LogP contribution in [0.3, 0.4) is 0 Å². The number of esters is 1. The number of Topliss-reactive ketones (excluding diaryl/α,β-unsaturated/α-hetero) is 1. The molecule has 3 rings (SSSR count). The summed E-state index contributed by atoms with van der Waals surface area (Å²) in [4.78, 5) is 20.4. The first-order chi connectivity index (χ1) is 11.5. The third-order valence-electron chi connectivity index (χ3n) is 3.42. The fourth-order valence-corrected chi connectivity index (χ4v) is 2.64. The van der Waals surface area contributed by atoms with Crippen LogP contribution in [0, 0.1) is 0 Å². The first-order valence-electron chi connectivity index (χ1n) is 8.29. The minimum atomic E-state index is -0.225. The van der Waals surface area contributed by atoms with Gasteiger partial charge < -0.3 is 9.53 Å². The van der Waals surface area contributed by atoms with Crippen molar-refractivity contribution in [2.45, 2.75) is 40.5 Å². The Morgan fingerprint density at radius 3 is 1.58 bits per heavy atom. The van der Waals surface area contributed by atoms with Crippen LogP contribution in [0.4, 0.5) is 0 Å². The average Bonchev–Trinajstić information content (AvgIpc) is 2.88. The molecule has 0 saturated carbocycles. The van der Waals surface area contributed by atoms with Gasteiger partial charge in [0.25, 0.3) is 0 Å². The lowest BCUT2D eigenvalue weighted by atomic mass is 9.98. The van der Waals surface area contributed by atoms with Crippen LogP contribution in [-0.4, -0.2) is 18.4 Å². The van der Waals surface area contributed by atoms with Crippen molar-refractivity contribution < 1.29 is 14.3 Å². The zero-order valence-corrected chi connectivity index (χ0v) is 15.1. The Labute approximate surface area is 144 Å². The topological polar surface area (TPSA) is 43.4 Å². The van der Waals surface area contributed by atoms with Crippen LogP contribution in [0.5, 0.6) is 0 Å². The molecule has 0 unspecified atom stereocenters. The maximum absolute atomic E-state index is 11.0. The van der Waals surface area contributed by atoms with Gasteiger partial charge in [0.15, 0.2) is 0 Å². The highest BCUT2D eigenvalue weighted by Gasteiger charge is 2.28. The van der Waals surface area contributed by atoms with E-state index >= 15 is 0 Å². The second kappa shape index (κ2) is 9.66. The SMILES string of the molecule is CC.CC(=O)OCC1c2ccccc2-c2ccccc21.CC(C)=O. The molecule has 0 aliphatic heterocycles. The molecular formula is C21H26O3. The summed E-state index contributed by atoms with van der Waals surface area (Å²) in [6.45, 7) is 8.93. The van der Waals surface area contributed by atoms with Gasteiger partial charge in [-0.05, 0) is 36.1 Å². The first-order valence-corrected chi connectivity index (χ1v) is 8.29. The second-order valence-electron chi connectivity index (χ2n) is 5.44. The number of rotatable bonds is 2. The fraction of sp³-hybridized carbons (Fsp3) is 0.333. The van der Waals surface area contributed by atoms with Crippen molar-refractivity contribution >= 4 is 11.8 Å². The lowest BCUT2D eigenvalue weighted by molar-refractivity contribution is -0.141. The third kappa shape index (κ3) is 5.05. The van der Waals surface area contributed by atoms with Gasteiger partial charge in [-0.3, -0.25) is 4.79 Å². The minimum absolute atomic E-state index is 0.167. The summed E-state index contributed by atoms with van der Waals surface area (Å²) in [6, 6.07) is 16.6. The highest BCUT2D eigenvalue weighted by atomic mass is 16.5. The largest absolute Gasteiger partial charge is 0.465 e. The molecule has 0 atom stereocenters. The maximum Gasteiger partial charge on any atom is 0.302 e. The number of hydrogen-bond donors (Lipinski definition) is 0. The Balaban J connectivity index is 0.000000423. The molecule has 0 radical (unpaired) electrons. The lowest BCUT2D eigenvalue weighted by Crippen LogP contribution is -2.09. The van der Waals surface area contributed by atoms with Crippen LogP contribution in [0.25, 0.3) is 11.1 Å². The number of hydrogen-bond acceptors (Lipinski definition) is 3. The molecule has 0 spiro atoms. The van der Waals surface area contributed by atoms with Crippen molar-refractivity contribution in [1.82, 2.24) is 0 Å². The molecule has 3 heteroatoms. The number of ether oxygens (including phenoxy) is 1. The Morgan fingerprint density at radius 2 is 1.21 bits per heavy atom. The van der Waals surface area contributed by atoms with Gasteiger partial charge in [0, 0.05) is 12.8 Å². The first kappa shape index (κ1) is 19.6. The molecule has 1 aliphatic rings. The van der Waals surface area contributed by atoms with Gasteiger partial charge in [0.1, 0.15) is 12.4 Å². The van der Waals surface area contributed by atoms with Crippen molar-refractivity contribution in [3.63, 3.8) is 0 Å². The molecule has 1 aliphatic carbocycles. The van der Waals surface area contributed by atoms with E-state index in [4.69, 9.17) is 4.74 Å². The molecule has 0 heterocycles.